The molecular formula is C9H19NO4. The minimum atomic E-state index is -1.26. The highest BCUT2D eigenvalue weighted by Gasteiger charge is 2.29. The van der Waals surface area contributed by atoms with Crippen LogP contribution in [-0.4, -0.2) is 36.6 Å². The summed E-state index contributed by atoms with van der Waals surface area (Å²) >= 11 is 0. The number of hydrogen-bond donors (Lipinski definition) is 2. The lowest BCUT2D eigenvalue weighted by molar-refractivity contribution is -0.166. The summed E-state index contributed by atoms with van der Waals surface area (Å²) in [4.78, 5) is 11.4. The van der Waals surface area contributed by atoms with Crippen LogP contribution in [0.5, 0.6) is 0 Å². The molecule has 0 heterocycles. The molecule has 3 N–H and O–H groups in total. The van der Waals surface area contributed by atoms with Crippen LogP contribution in [0.3, 0.4) is 0 Å². The Kier molecular flexibility index (Phi) is 5.04. The molecule has 5 nitrogen and oxygen atoms in total. The van der Waals surface area contributed by atoms with Crippen molar-refractivity contribution >= 4 is 5.97 Å². The maximum Gasteiger partial charge on any atom is 0.315 e. The fraction of sp³-hybridized carbons (Fsp3) is 0.889. The maximum absolute atomic E-state index is 11.4. The minimum absolute atomic E-state index is 0.0482. The molecule has 0 aliphatic carbocycles. The molecule has 0 aromatic heterocycles. The van der Waals surface area contributed by atoms with Gasteiger partial charge >= 0.3 is 5.97 Å². The first-order valence-electron chi connectivity index (χ1n) is 4.43. The van der Waals surface area contributed by atoms with Gasteiger partial charge in [-0.15, -0.1) is 0 Å². The van der Waals surface area contributed by atoms with Gasteiger partial charge in [-0.05, 0) is 20.8 Å². The van der Waals surface area contributed by atoms with Crippen LogP contribution in [-0.2, 0) is 14.3 Å². The van der Waals surface area contributed by atoms with Gasteiger partial charge in [-0.1, -0.05) is 0 Å². The Morgan fingerprint density at radius 2 is 2.00 bits per heavy atom. The van der Waals surface area contributed by atoms with Crippen LogP contribution in [0.2, 0.25) is 0 Å². The van der Waals surface area contributed by atoms with E-state index in [0.29, 0.717) is 0 Å². The van der Waals surface area contributed by atoms with Gasteiger partial charge < -0.3 is 20.3 Å². The molecule has 0 radical (unpaired) electrons. The number of aliphatic hydroxyl groups excluding tert-OH is 1. The number of hydrogen-bond acceptors (Lipinski definition) is 5. The van der Waals surface area contributed by atoms with E-state index in [0.717, 1.165) is 0 Å². The number of nitrogens with two attached hydrogens (primary N) is 1. The van der Waals surface area contributed by atoms with Gasteiger partial charge in [-0.3, -0.25) is 4.79 Å². The lowest BCUT2D eigenvalue weighted by Gasteiger charge is -2.24. The molecule has 84 valence electrons. The third-order valence-electron chi connectivity index (χ3n) is 1.47. The summed E-state index contributed by atoms with van der Waals surface area (Å²) in [6, 6.07) is 0. The SMILES string of the molecule is COCC(C(=O)OC(C)(C)C)C(N)O. The van der Waals surface area contributed by atoms with E-state index in [1.165, 1.54) is 7.11 Å². The van der Waals surface area contributed by atoms with E-state index in [-0.39, 0.29) is 6.61 Å². The van der Waals surface area contributed by atoms with Crippen molar-refractivity contribution in [3.05, 3.63) is 0 Å². The van der Waals surface area contributed by atoms with E-state index in [4.69, 9.17) is 20.3 Å². The Morgan fingerprint density at radius 3 is 2.29 bits per heavy atom. The second kappa shape index (κ2) is 5.29. The van der Waals surface area contributed by atoms with Crippen LogP contribution in [0.15, 0.2) is 0 Å². The summed E-state index contributed by atoms with van der Waals surface area (Å²) in [7, 11) is 1.43. The van der Waals surface area contributed by atoms with E-state index in [2.05, 4.69) is 0 Å². The third-order valence-corrected chi connectivity index (χ3v) is 1.47. The molecule has 0 saturated heterocycles. The Morgan fingerprint density at radius 1 is 1.50 bits per heavy atom. The molecule has 14 heavy (non-hydrogen) atoms. The van der Waals surface area contributed by atoms with Crippen LogP contribution in [0.1, 0.15) is 20.8 Å². The number of rotatable bonds is 4. The van der Waals surface area contributed by atoms with Crippen molar-refractivity contribution in [3.63, 3.8) is 0 Å². The summed E-state index contributed by atoms with van der Waals surface area (Å²) in [5.41, 5.74) is 4.63. The lowest BCUT2D eigenvalue weighted by atomic mass is 10.1. The van der Waals surface area contributed by atoms with E-state index in [9.17, 15) is 4.79 Å². The van der Waals surface area contributed by atoms with Crippen molar-refractivity contribution in [2.24, 2.45) is 11.7 Å². The van der Waals surface area contributed by atoms with E-state index < -0.39 is 23.7 Å². The number of methoxy groups -OCH3 is 1. The number of carbonyl (C=O) groups is 1. The summed E-state index contributed by atoms with van der Waals surface area (Å²) in [6.07, 6.45) is -1.26. The molecular weight excluding hydrogens is 186 g/mol. The summed E-state index contributed by atoms with van der Waals surface area (Å²) < 4.78 is 9.81. The molecule has 0 aromatic rings. The quantitative estimate of drug-likeness (QED) is 0.493. The highest BCUT2D eigenvalue weighted by molar-refractivity contribution is 5.73. The fourth-order valence-corrected chi connectivity index (χ4v) is 0.863. The number of carbonyl (C=O) groups excluding carboxylic acids is 1. The number of esters is 1. The van der Waals surface area contributed by atoms with Crippen molar-refractivity contribution in [2.45, 2.75) is 32.6 Å². The van der Waals surface area contributed by atoms with E-state index in [1.54, 1.807) is 20.8 Å². The average molecular weight is 205 g/mol. The van der Waals surface area contributed by atoms with Gasteiger partial charge in [0.15, 0.2) is 0 Å². The zero-order valence-electron chi connectivity index (χ0n) is 9.11. The van der Waals surface area contributed by atoms with Crippen LogP contribution < -0.4 is 5.73 Å². The molecule has 0 rings (SSSR count). The summed E-state index contributed by atoms with van der Waals surface area (Å²) in [5, 5.41) is 9.11. The van der Waals surface area contributed by atoms with E-state index in [1.807, 2.05) is 0 Å². The first-order chi connectivity index (χ1) is 6.28. The van der Waals surface area contributed by atoms with Crippen molar-refractivity contribution in [1.29, 1.82) is 0 Å². The largest absolute Gasteiger partial charge is 0.460 e. The van der Waals surface area contributed by atoms with Gasteiger partial charge in [-0.2, -0.15) is 0 Å². The Bertz CT molecular complexity index is 186. The topological polar surface area (TPSA) is 81.8 Å². The molecule has 0 aliphatic rings. The van der Waals surface area contributed by atoms with Gasteiger partial charge in [0, 0.05) is 7.11 Å². The first kappa shape index (κ1) is 13.4. The zero-order chi connectivity index (χ0) is 11.4. The fourth-order valence-electron chi connectivity index (χ4n) is 0.863. The highest BCUT2D eigenvalue weighted by Crippen LogP contribution is 2.12. The molecule has 0 spiro atoms. The van der Waals surface area contributed by atoms with Crippen LogP contribution in [0, 0.1) is 5.92 Å². The lowest BCUT2D eigenvalue weighted by Crippen LogP contribution is -2.41. The third kappa shape index (κ3) is 5.16. The van der Waals surface area contributed by atoms with Gasteiger partial charge in [0.25, 0.3) is 0 Å². The standard InChI is InChI=1S/C9H19NO4/c1-9(2,3)14-8(12)6(5-13-4)7(10)11/h6-7,11H,5,10H2,1-4H3. The summed E-state index contributed by atoms with van der Waals surface area (Å²) in [6.45, 7) is 5.29. The molecule has 5 heteroatoms. The predicted octanol–water partition coefficient (Wildman–Crippen LogP) is -0.132. The molecule has 0 amide bonds. The molecule has 0 aliphatic heterocycles. The Labute approximate surface area is 84.2 Å². The van der Waals surface area contributed by atoms with Gasteiger partial charge in [0.1, 0.15) is 17.7 Å². The van der Waals surface area contributed by atoms with Gasteiger partial charge in [-0.25, -0.2) is 0 Å². The molecule has 2 atom stereocenters. The van der Waals surface area contributed by atoms with Crippen molar-refractivity contribution in [2.75, 3.05) is 13.7 Å². The van der Waals surface area contributed by atoms with Gasteiger partial charge in [0.2, 0.25) is 0 Å². The zero-order valence-corrected chi connectivity index (χ0v) is 9.11. The highest BCUT2D eigenvalue weighted by atomic mass is 16.6. The van der Waals surface area contributed by atoms with Gasteiger partial charge in [0.05, 0.1) is 6.61 Å². The van der Waals surface area contributed by atoms with Crippen molar-refractivity contribution in [3.8, 4) is 0 Å². The maximum atomic E-state index is 11.4. The number of aliphatic hydroxyl groups is 1. The molecule has 0 saturated carbocycles. The smallest absolute Gasteiger partial charge is 0.315 e. The van der Waals surface area contributed by atoms with Crippen LogP contribution in [0.25, 0.3) is 0 Å². The first-order valence-corrected chi connectivity index (χ1v) is 4.43. The molecule has 0 aromatic carbocycles. The van der Waals surface area contributed by atoms with Crippen LogP contribution in [0.4, 0.5) is 0 Å². The monoisotopic (exact) mass is 205 g/mol. The minimum Gasteiger partial charge on any atom is -0.460 e. The van der Waals surface area contributed by atoms with Crippen molar-refractivity contribution in [1.82, 2.24) is 0 Å². The summed E-state index contributed by atoms with van der Waals surface area (Å²) in [5.74, 6) is -1.38. The van der Waals surface area contributed by atoms with Crippen LogP contribution >= 0.6 is 0 Å². The average Bonchev–Trinajstić information content (AvgIpc) is 1.95. The Hall–Kier alpha value is -0.650. The van der Waals surface area contributed by atoms with E-state index >= 15 is 0 Å². The molecule has 0 fully saturated rings. The molecule has 2 unspecified atom stereocenters. The normalized spacial score (nSPS) is 16.1. The Balaban J connectivity index is 4.30. The van der Waals surface area contributed by atoms with Crippen molar-refractivity contribution < 1.29 is 19.4 Å². The predicted molar refractivity (Wildman–Crippen MR) is 51.4 cm³/mol. The second-order valence-electron chi connectivity index (χ2n) is 4.09. The molecule has 0 bridgehead atoms. The second-order valence-corrected chi connectivity index (χ2v) is 4.09. The number of ether oxygens (including phenoxy) is 2.